The number of nitrogens with one attached hydrogen (secondary N) is 1. The third-order valence-electron chi connectivity index (χ3n) is 3.10. The first-order valence-electron chi connectivity index (χ1n) is 5.88. The lowest BCUT2D eigenvalue weighted by Crippen LogP contribution is -2.17. The Hall–Kier alpha value is -1.41. The quantitative estimate of drug-likeness (QED) is 0.801. The van der Waals surface area contributed by atoms with E-state index in [1.807, 2.05) is 11.8 Å². The molecule has 0 aliphatic carbocycles. The summed E-state index contributed by atoms with van der Waals surface area (Å²) in [4.78, 5) is 1.36. The summed E-state index contributed by atoms with van der Waals surface area (Å²) in [5.41, 5.74) is 3.95. The molecule has 1 nitrogen and oxygen atoms in total. The number of hydrogen-bond acceptors (Lipinski definition) is 2. The average Bonchev–Trinajstić information content (AvgIpc) is 2.39. The van der Waals surface area contributed by atoms with Crippen molar-refractivity contribution in [3.8, 4) is 0 Å². The lowest BCUT2D eigenvalue weighted by atomic mass is 10.1. The van der Waals surface area contributed by atoms with E-state index in [4.69, 9.17) is 0 Å². The zero-order chi connectivity index (χ0) is 11.7. The standard InChI is InChI=1S/C15H15NS/c1-11-6-8-12(9-7-11)14-10-17-15-5-3-2-4-13(15)16-14/h2-9,14,16H,10H2,1H3/t14-/m0/s1. The number of thioether (sulfide) groups is 1. The average molecular weight is 241 g/mol. The number of benzene rings is 2. The van der Waals surface area contributed by atoms with Gasteiger partial charge in [0.1, 0.15) is 0 Å². The number of hydrogen-bond donors (Lipinski definition) is 1. The Bertz CT molecular complexity index is 519. The van der Waals surface area contributed by atoms with E-state index >= 15 is 0 Å². The third-order valence-corrected chi connectivity index (χ3v) is 4.27. The highest BCUT2D eigenvalue weighted by atomic mass is 32.2. The molecule has 1 atom stereocenters. The molecule has 1 N–H and O–H groups in total. The summed E-state index contributed by atoms with van der Waals surface area (Å²) in [6.45, 7) is 2.13. The Kier molecular flexibility index (Phi) is 2.81. The molecule has 1 aliphatic rings. The van der Waals surface area contributed by atoms with Gasteiger partial charge in [-0.25, -0.2) is 0 Å². The molecule has 0 saturated heterocycles. The molecule has 2 aromatic carbocycles. The van der Waals surface area contributed by atoms with Crippen LogP contribution >= 0.6 is 11.8 Å². The van der Waals surface area contributed by atoms with Gasteiger partial charge in [0.25, 0.3) is 0 Å². The molecule has 2 aromatic rings. The molecule has 2 heteroatoms. The second kappa shape index (κ2) is 4.46. The zero-order valence-electron chi connectivity index (χ0n) is 9.81. The summed E-state index contributed by atoms with van der Waals surface area (Å²) in [7, 11) is 0. The van der Waals surface area contributed by atoms with E-state index in [2.05, 4.69) is 60.8 Å². The second-order valence-corrected chi connectivity index (χ2v) is 5.48. The van der Waals surface area contributed by atoms with E-state index in [9.17, 15) is 0 Å². The maximum Gasteiger partial charge on any atom is 0.0608 e. The van der Waals surface area contributed by atoms with Gasteiger partial charge in [-0.15, -0.1) is 11.8 Å². The van der Waals surface area contributed by atoms with E-state index < -0.39 is 0 Å². The van der Waals surface area contributed by atoms with Crippen LogP contribution in [0.2, 0.25) is 0 Å². The highest BCUT2D eigenvalue weighted by Gasteiger charge is 2.18. The number of aryl methyl sites for hydroxylation is 1. The van der Waals surface area contributed by atoms with E-state index in [1.54, 1.807) is 0 Å². The van der Waals surface area contributed by atoms with E-state index in [0.717, 1.165) is 5.75 Å². The first-order chi connectivity index (χ1) is 8.33. The van der Waals surface area contributed by atoms with E-state index in [1.165, 1.54) is 21.7 Å². The molecule has 0 amide bonds. The van der Waals surface area contributed by atoms with Crippen LogP contribution in [-0.2, 0) is 0 Å². The number of para-hydroxylation sites is 1. The van der Waals surface area contributed by atoms with Crippen molar-refractivity contribution in [2.75, 3.05) is 11.1 Å². The van der Waals surface area contributed by atoms with Crippen molar-refractivity contribution < 1.29 is 0 Å². The van der Waals surface area contributed by atoms with Gasteiger partial charge >= 0.3 is 0 Å². The van der Waals surface area contributed by atoms with Crippen LogP contribution in [0.25, 0.3) is 0 Å². The minimum Gasteiger partial charge on any atom is -0.376 e. The molecule has 0 radical (unpaired) electrons. The van der Waals surface area contributed by atoms with Gasteiger partial charge in [0, 0.05) is 16.3 Å². The summed E-state index contributed by atoms with van der Waals surface area (Å²) in [5.74, 6) is 1.10. The fourth-order valence-corrected chi connectivity index (χ4v) is 3.17. The van der Waals surface area contributed by atoms with Crippen LogP contribution in [0.1, 0.15) is 17.2 Å². The Morgan fingerprint density at radius 2 is 1.82 bits per heavy atom. The predicted molar refractivity (Wildman–Crippen MR) is 74.7 cm³/mol. The second-order valence-electron chi connectivity index (χ2n) is 4.41. The SMILES string of the molecule is Cc1ccc([C@@H]2CSc3ccccc3N2)cc1. The molecule has 1 heterocycles. The Balaban J connectivity index is 1.86. The van der Waals surface area contributed by atoms with Gasteiger partial charge in [-0.05, 0) is 24.6 Å². The summed E-state index contributed by atoms with van der Waals surface area (Å²) < 4.78 is 0. The van der Waals surface area contributed by atoms with Gasteiger partial charge in [0.05, 0.1) is 6.04 Å². The third kappa shape index (κ3) is 2.18. The molecule has 0 spiro atoms. The van der Waals surface area contributed by atoms with Gasteiger partial charge in [-0.1, -0.05) is 42.0 Å². The summed E-state index contributed by atoms with van der Waals surface area (Å²) >= 11 is 1.93. The molecule has 0 fully saturated rings. The van der Waals surface area contributed by atoms with Crippen LogP contribution in [0, 0.1) is 6.92 Å². The van der Waals surface area contributed by atoms with E-state index in [-0.39, 0.29) is 0 Å². The van der Waals surface area contributed by atoms with Gasteiger partial charge in [-0.2, -0.15) is 0 Å². The first-order valence-corrected chi connectivity index (χ1v) is 6.86. The largest absolute Gasteiger partial charge is 0.376 e. The normalized spacial score (nSPS) is 18.3. The highest BCUT2D eigenvalue weighted by molar-refractivity contribution is 7.99. The maximum absolute atomic E-state index is 3.61. The lowest BCUT2D eigenvalue weighted by Gasteiger charge is -2.26. The van der Waals surface area contributed by atoms with E-state index in [0.29, 0.717) is 6.04 Å². The topological polar surface area (TPSA) is 12.0 Å². The van der Waals surface area contributed by atoms with Crippen molar-refractivity contribution in [3.05, 3.63) is 59.7 Å². The van der Waals surface area contributed by atoms with Crippen LogP contribution in [0.3, 0.4) is 0 Å². The highest BCUT2D eigenvalue weighted by Crippen LogP contribution is 2.37. The maximum atomic E-state index is 3.61. The van der Waals surface area contributed by atoms with Crippen molar-refractivity contribution in [1.82, 2.24) is 0 Å². The summed E-state index contributed by atoms with van der Waals surface area (Å²) in [6.07, 6.45) is 0. The Morgan fingerprint density at radius 1 is 1.06 bits per heavy atom. The van der Waals surface area contributed by atoms with Gasteiger partial charge < -0.3 is 5.32 Å². The number of anilines is 1. The van der Waals surface area contributed by atoms with Crippen molar-refractivity contribution >= 4 is 17.4 Å². The molecule has 17 heavy (non-hydrogen) atoms. The number of fused-ring (bicyclic) bond motifs is 1. The molecular formula is C15H15NS. The van der Waals surface area contributed by atoms with Crippen LogP contribution in [0.5, 0.6) is 0 Å². The van der Waals surface area contributed by atoms with Crippen LogP contribution in [0.15, 0.2) is 53.4 Å². The molecule has 0 aromatic heterocycles. The Labute approximate surface area is 106 Å². The smallest absolute Gasteiger partial charge is 0.0608 e. The van der Waals surface area contributed by atoms with Crippen molar-refractivity contribution in [3.63, 3.8) is 0 Å². The predicted octanol–water partition coefficient (Wildman–Crippen LogP) is 4.25. The molecule has 86 valence electrons. The molecular weight excluding hydrogens is 226 g/mol. The van der Waals surface area contributed by atoms with Crippen LogP contribution in [-0.4, -0.2) is 5.75 Å². The lowest BCUT2D eigenvalue weighted by molar-refractivity contribution is 0.880. The molecule has 1 aliphatic heterocycles. The first kappa shape index (κ1) is 10.7. The zero-order valence-corrected chi connectivity index (χ0v) is 10.6. The van der Waals surface area contributed by atoms with Crippen molar-refractivity contribution in [2.24, 2.45) is 0 Å². The van der Waals surface area contributed by atoms with Crippen LogP contribution in [0.4, 0.5) is 5.69 Å². The molecule has 3 rings (SSSR count). The van der Waals surface area contributed by atoms with Crippen molar-refractivity contribution in [2.45, 2.75) is 17.9 Å². The monoisotopic (exact) mass is 241 g/mol. The molecule has 0 bridgehead atoms. The van der Waals surface area contributed by atoms with Gasteiger partial charge in [0.15, 0.2) is 0 Å². The fourth-order valence-electron chi connectivity index (χ4n) is 2.09. The minimum atomic E-state index is 0.426. The molecule has 0 saturated carbocycles. The molecule has 0 unspecified atom stereocenters. The fraction of sp³-hybridized carbons (Fsp3) is 0.200. The summed E-state index contributed by atoms with van der Waals surface area (Å²) in [6, 6.07) is 17.8. The summed E-state index contributed by atoms with van der Waals surface area (Å²) in [5, 5.41) is 3.61. The minimum absolute atomic E-state index is 0.426. The van der Waals surface area contributed by atoms with Crippen LogP contribution < -0.4 is 5.32 Å². The van der Waals surface area contributed by atoms with Gasteiger partial charge in [-0.3, -0.25) is 0 Å². The van der Waals surface area contributed by atoms with Gasteiger partial charge in [0.2, 0.25) is 0 Å². The van der Waals surface area contributed by atoms with Crippen molar-refractivity contribution in [1.29, 1.82) is 0 Å². The number of rotatable bonds is 1. The Morgan fingerprint density at radius 3 is 2.65 bits per heavy atom.